The first kappa shape index (κ1) is 13.6. The van der Waals surface area contributed by atoms with E-state index in [4.69, 9.17) is 10.4 Å². The maximum atomic E-state index is 11.9. The SMILES string of the molecule is N#Cc1ccccc1S(=O)(=O)NCCCCO. The molecule has 0 bridgehead atoms. The van der Waals surface area contributed by atoms with Gasteiger partial charge in [0.25, 0.3) is 0 Å². The topological polar surface area (TPSA) is 90.2 Å². The Morgan fingerprint density at radius 2 is 2.00 bits per heavy atom. The second-order valence-corrected chi connectivity index (χ2v) is 5.17. The first-order valence-electron chi connectivity index (χ1n) is 5.21. The van der Waals surface area contributed by atoms with Crippen LogP contribution >= 0.6 is 0 Å². The summed E-state index contributed by atoms with van der Waals surface area (Å²) in [7, 11) is -3.64. The molecule has 0 aliphatic carbocycles. The smallest absolute Gasteiger partial charge is 0.241 e. The summed E-state index contributed by atoms with van der Waals surface area (Å²) in [6.07, 6.45) is 1.10. The molecule has 0 radical (unpaired) electrons. The molecule has 0 heterocycles. The third kappa shape index (κ3) is 3.82. The number of sulfonamides is 1. The molecule has 0 fully saturated rings. The number of rotatable bonds is 6. The fourth-order valence-electron chi connectivity index (χ4n) is 1.31. The lowest BCUT2D eigenvalue weighted by molar-refractivity contribution is 0.285. The number of nitriles is 1. The van der Waals surface area contributed by atoms with E-state index < -0.39 is 10.0 Å². The normalized spacial score (nSPS) is 11.1. The number of unbranched alkanes of at least 4 members (excludes halogenated alkanes) is 1. The summed E-state index contributed by atoms with van der Waals surface area (Å²) in [4.78, 5) is -0.00787. The van der Waals surface area contributed by atoms with Crippen molar-refractivity contribution in [3.05, 3.63) is 29.8 Å². The molecular weight excluding hydrogens is 240 g/mol. The van der Waals surface area contributed by atoms with Crippen LogP contribution in [-0.2, 0) is 10.0 Å². The molecule has 0 aromatic heterocycles. The van der Waals surface area contributed by atoms with Crippen molar-refractivity contribution in [2.45, 2.75) is 17.7 Å². The zero-order chi connectivity index (χ0) is 12.7. The molecule has 0 spiro atoms. The molecule has 0 atom stereocenters. The van der Waals surface area contributed by atoms with Gasteiger partial charge in [-0.3, -0.25) is 0 Å². The Balaban J connectivity index is 2.80. The Morgan fingerprint density at radius 3 is 2.65 bits per heavy atom. The molecule has 0 aliphatic rings. The van der Waals surface area contributed by atoms with Crippen molar-refractivity contribution in [3.8, 4) is 6.07 Å². The summed E-state index contributed by atoms with van der Waals surface area (Å²) in [5.74, 6) is 0. The van der Waals surface area contributed by atoms with Gasteiger partial charge >= 0.3 is 0 Å². The van der Waals surface area contributed by atoms with Gasteiger partial charge in [-0.05, 0) is 25.0 Å². The second kappa shape index (κ2) is 6.35. The summed E-state index contributed by atoms with van der Waals surface area (Å²) < 4.78 is 26.1. The van der Waals surface area contributed by atoms with Crippen LogP contribution in [0.4, 0.5) is 0 Å². The fraction of sp³-hybridized carbons (Fsp3) is 0.364. The highest BCUT2D eigenvalue weighted by Crippen LogP contribution is 2.13. The lowest BCUT2D eigenvalue weighted by Gasteiger charge is -2.07. The predicted molar refractivity (Wildman–Crippen MR) is 62.7 cm³/mol. The number of nitrogens with one attached hydrogen (secondary N) is 1. The molecule has 1 aromatic carbocycles. The molecule has 0 amide bonds. The Morgan fingerprint density at radius 1 is 1.29 bits per heavy atom. The standard InChI is InChI=1S/C11H14N2O3S/c12-9-10-5-1-2-6-11(10)17(15,16)13-7-3-4-8-14/h1-2,5-6,13-14H,3-4,7-8H2. The van der Waals surface area contributed by atoms with Crippen molar-refractivity contribution < 1.29 is 13.5 Å². The fourth-order valence-corrected chi connectivity index (χ4v) is 2.54. The zero-order valence-corrected chi connectivity index (χ0v) is 10.1. The minimum Gasteiger partial charge on any atom is -0.396 e. The molecule has 0 saturated carbocycles. The number of nitrogens with zero attached hydrogens (tertiary/aromatic N) is 1. The monoisotopic (exact) mass is 254 g/mol. The van der Waals surface area contributed by atoms with Crippen LogP contribution in [0.15, 0.2) is 29.2 Å². The van der Waals surface area contributed by atoms with Gasteiger partial charge in [0.15, 0.2) is 0 Å². The number of hydrogen-bond acceptors (Lipinski definition) is 4. The Labute approximate surface area is 101 Å². The van der Waals surface area contributed by atoms with Gasteiger partial charge in [-0.25, -0.2) is 13.1 Å². The number of aliphatic hydroxyl groups excluding tert-OH is 1. The average molecular weight is 254 g/mol. The lowest BCUT2D eigenvalue weighted by atomic mass is 10.2. The quantitative estimate of drug-likeness (QED) is 0.728. The van der Waals surface area contributed by atoms with E-state index in [1.165, 1.54) is 12.1 Å². The van der Waals surface area contributed by atoms with Gasteiger partial charge in [0, 0.05) is 13.2 Å². The molecule has 0 unspecified atom stereocenters. The summed E-state index contributed by atoms with van der Waals surface area (Å²) in [5.41, 5.74) is 0.127. The molecular formula is C11H14N2O3S. The molecule has 6 heteroatoms. The van der Waals surface area contributed by atoms with E-state index in [0.29, 0.717) is 12.8 Å². The molecule has 92 valence electrons. The van der Waals surface area contributed by atoms with E-state index in [9.17, 15) is 8.42 Å². The maximum absolute atomic E-state index is 11.9. The zero-order valence-electron chi connectivity index (χ0n) is 9.26. The van der Waals surface area contributed by atoms with Gasteiger partial charge in [-0.15, -0.1) is 0 Å². The van der Waals surface area contributed by atoms with E-state index in [1.54, 1.807) is 12.1 Å². The molecule has 5 nitrogen and oxygen atoms in total. The summed E-state index contributed by atoms with van der Waals surface area (Å²) in [6.45, 7) is 0.291. The summed E-state index contributed by atoms with van der Waals surface area (Å²) in [6, 6.07) is 7.89. The minimum atomic E-state index is -3.64. The highest BCUT2D eigenvalue weighted by molar-refractivity contribution is 7.89. The van der Waals surface area contributed by atoms with Gasteiger partial charge in [-0.2, -0.15) is 5.26 Å². The van der Waals surface area contributed by atoms with E-state index in [-0.39, 0.29) is 23.6 Å². The number of benzene rings is 1. The van der Waals surface area contributed by atoms with Crippen LogP contribution in [0.3, 0.4) is 0 Å². The highest BCUT2D eigenvalue weighted by atomic mass is 32.2. The van der Waals surface area contributed by atoms with Crippen LogP contribution in [0.1, 0.15) is 18.4 Å². The first-order valence-corrected chi connectivity index (χ1v) is 6.70. The van der Waals surface area contributed by atoms with Crippen molar-refractivity contribution in [3.63, 3.8) is 0 Å². The molecule has 1 rings (SSSR count). The van der Waals surface area contributed by atoms with Gasteiger partial charge in [-0.1, -0.05) is 12.1 Å². The molecule has 2 N–H and O–H groups in total. The predicted octanol–water partition coefficient (Wildman–Crippen LogP) is 0.609. The Hall–Kier alpha value is -1.42. The minimum absolute atomic E-state index is 0.00787. The van der Waals surface area contributed by atoms with E-state index in [1.807, 2.05) is 6.07 Å². The maximum Gasteiger partial charge on any atom is 0.241 e. The van der Waals surface area contributed by atoms with Crippen molar-refractivity contribution in [2.24, 2.45) is 0 Å². The van der Waals surface area contributed by atoms with Gasteiger partial charge in [0.05, 0.1) is 10.5 Å². The lowest BCUT2D eigenvalue weighted by Crippen LogP contribution is -2.25. The second-order valence-electron chi connectivity index (χ2n) is 3.44. The van der Waals surface area contributed by atoms with Crippen LogP contribution in [-0.4, -0.2) is 26.7 Å². The third-order valence-electron chi connectivity index (χ3n) is 2.17. The van der Waals surface area contributed by atoms with Crippen LogP contribution in [0.25, 0.3) is 0 Å². The van der Waals surface area contributed by atoms with Crippen molar-refractivity contribution in [1.82, 2.24) is 4.72 Å². The molecule has 0 aliphatic heterocycles. The van der Waals surface area contributed by atoms with E-state index in [2.05, 4.69) is 4.72 Å². The third-order valence-corrected chi connectivity index (χ3v) is 3.69. The molecule has 17 heavy (non-hydrogen) atoms. The van der Waals surface area contributed by atoms with Crippen LogP contribution in [0.2, 0.25) is 0 Å². The number of hydrogen-bond donors (Lipinski definition) is 2. The van der Waals surface area contributed by atoms with Crippen LogP contribution in [0, 0.1) is 11.3 Å². The largest absolute Gasteiger partial charge is 0.396 e. The van der Waals surface area contributed by atoms with Crippen molar-refractivity contribution in [1.29, 1.82) is 5.26 Å². The molecule has 0 saturated heterocycles. The summed E-state index contributed by atoms with van der Waals surface area (Å²) >= 11 is 0. The Kier molecular flexibility index (Phi) is 5.10. The van der Waals surface area contributed by atoms with Crippen LogP contribution < -0.4 is 4.72 Å². The number of aliphatic hydroxyl groups is 1. The van der Waals surface area contributed by atoms with Gasteiger partial charge in [0.1, 0.15) is 6.07 Å². The highest BCUT2D eigenvalue weighted by Gasteiger charge is 2.16. The van der Waals surface area contributed by atoms with Crippen molar-refractivity contribution in [2.75, 3.05) is 13.2 Å². The van der Waals surface area contributed by atoms with E-state index in [0.717, 1.165) is 0 Å². The van der Waals surface area contributed by atoms with Gasteiger partial charge in [0.2, 0.25) is 10.0 Å². The van der Waals surface area contributed by atoms with Crippen LogP contribution in [0.5, 0.6) is 0 Å². The van der Waals surface area contributed by atoms with E-state index >= 15 is 0 Å². The Bertz CT molecular complexity index is 506. The first-order chi connectivity index (χ1) is 8.11. The van der Waals surface area contributed by atoms with Gasteiger partial charge < -0.3 is 5.11 Å². The molecule has 1 aromatic rings. The van der Waals surface area contributed by atoms with Crippen molar-refractivity contribution >= 4 is 10.0 Å². The average Bonchev–Trinajstić information content (AvgIpc) is 2.34. The summed E-state index contributed by atoms with van der Waals surface area (Å²) in [5, 5.41) is 17.4.